The minimum atomic E-state index is 0.593. The lowest BCUT2D eigenvalue weighted by molar-refractivity contribution is 0.234. The summed E-state index contributed by atoms with van der Waals surface area (Å²) in [6.45, 7) is 5.32. The third kappa shape index (κ3) is 3.77. The Morgan fingerprint density at radius 1 is 1.38 bits per heavy atom. The van der Waals surface area contributed by atoms with Crippen LogP contribution in [0.2, 0.25) is 0 Å². The zero-order chi connectivity index (χ0) is 12.0. The number of nitrogens with zero attached hydrogens (tertiary/aromatic N) is 3. The highest BCUT2D eigenvalue weighted by atomic mass is 15.1. The molecule has 0 saturated heterocycles. The van der Waals surface area contributed by atoms with E-state index in [0.717, 1.165) is 18.1 Å². The van der Waals surface area contributed by atoms with Gasteiger partial charge < -0.3 is 5.32 Å². The predicted molar refractivity (Wildman–Crippen MR) is 67.4 cm³/mol. The first-order valence-corrected chi connectivity index (χ1v) is 5.86. The largest absolute Gasteiger partial charge is 0.372 e. The number of nitrogens with one attached hydrogen (secondary N) is 1. The Morgan fingerprint density at radius 2 is 2.12 bits per heavy atom. The monoisotopic (exact) mass is 222 g/mol. The van der Waals surface area contributed by atoms with Gasteiger partial charge in [0, 0.05) is 19.6 Å². The molecule has 0 amide bonds. The summed E-state index contributed by atoms with van der Waals surface area (Å²) in [4.78, 5) is 10.9. The van der Waals surface area contributed by atoms with Crippen molar-refractivity contribution in [3.63, 3.8) is 0 Å². The van der Waals surface area contributed by atoms with Gasteiger partial charge in [-0.15, -0.1) is 0 Å². The van der Waals surface area contributed by atoms with Gasteiger partial charge in [-0.1, -0.05) is 13.3 Å². The fraction of sp³-hybridized carbons (Fsp3) is 0.667. The van der Waals surface area contributed by atoms with Crippen molar-refractivity contribution >= 4 is 5.82 Å². The zero-order valence-electron chi connectivity index (χ0n) is 10.7. The molecule has 0 aliphatic rings. The van der Waals surface area contributed by atoms with Crippen molar-refractivity contribution in [1.29, 1.82) is 0 Å². The molecule has 0 radical (unpaired) electrons. The smallest absolute Gasteiger partial charge is 0.144 e. The number of hydrogen-bond acceptors (Lipinski definition) is 4. The van der Waals surface area contributed by atoms with Crippen LogP contribution in [-0.2, 0) is 6.54 Å². The predicted octanol–water partition coefficient (Wildman–Crippen LogP) is 2.14. The third-order valence-corrected chi connectivity index (χ3v) is 2.83. The Bertz CT molecular complexity index is 296. The molecular weight excluding hydrogens is 200 g/mol. The van der Waals surface area contributed by atoms with E-state index in [4.69, 9.17) is 0 Å². The molecule has 1 aromatic heterocycles. The summed E-state index contributed by atoms with van der Waals surface area (Å²) >= 11 is 0. The van der Waals surface area contributed by atoms with Crippen molar-refractivity contribution in [2.45, 2.75) is 39.3 Å². The highest BCUT2D eigenvalue weighted by molar-refractivity contribution is 5.29. The fourth-order valence-corrected chi connectivity index (χ4v) is 1.62. The van der Waals surface area contributed by atoms with Crippen LogP contribution < -0.4 is 5.32 Å². The molecule has 4 nitrogen and oxygen atoms in total. The SMILES string of the molecule is CCCC(C)N(C)Cc1cnc(NC)cn1. The van der Waals surface area contributed by atoms with Crippen molar-refractivity contribution in [2.24, 2.45) is 0 Å². The minimum Gasteiger partial charge on any atom is -0.372 e. The van der Waals surface area contributed by atoms with Crippen molar-refractivity contribution in [1.82, 2.24) is 14.9 Å². The topological polar surface area (TPSA) is 41.1 Å². The second kappa shape index (κ2) is 6.43. The average molecular weight is 222 g/mol. The van der Waals surface area contributed by atoms with Crippen molar-refractivity contribution in [3.8, 4) is 0 Å². The Morgan fingerprint density at radius 3 is 2.62 bits per heavy atom. The van der Waals surface area contributed by atoms with E-state index in [1.165, 1.54) is 12.8 Å². The molecule has 90 valence electrons. The molecule has 1 N–H and O–H groups in total. The van der Waals surface area contributed by atoms with Crippen LogP contribution in [-0.4, -0.2) is 35.0 Å². The second-order valence-electron chi connectivity index (χ2n) is 4.20. The number of aromatic nitrogens is 2. The molecule has 1 heterocycles. The first-order valence-electron chi connectivity index (χ1n) is 5.86. The second-order valence-corrected chi connectivity index (χ2v) is 4.20. The molecule has 0 saturated carbocycles. The van der Waals surface area contributed by atoms with Gasteiger partial charge in [0.15, 0.2) is 0 Å². The Hall–Kier alpha value is -1.16. The van der Waals surface area contributed by atoms with Crippen LogP contribution in [0.5, 0.6) is 0 Å². The van der Waals surface area contributed by atoms with Crippen LogP contribution in [0.15, 0.2) is 12.4 Å². The van der Waals surface area contributed by atoms with E-state index in [9.17, 15) is 0 Å². The summed E-state index contributed by atoms with van der Waals surface area (Å²) in [5.41, 5.74) is 1.02. The summed E-state index contributed by atoms with van der Waals surface area (Å²) < 4.78 is 0. The van der Waals surface area contributed by atoms with Gasteiger partial charge in [-0.25, -0.2) is 4.98 Å². The Labute approximate surface area is 98.1 Å². The fourth-order valence-electron chi connectivity index (χ4n) is 1.62. The molecule has 16 heavy (non-hydrogen) atoms. The highest BCUT2D eigenvalue weighted by Gasteiger charge is 2.09. The van der Waals surface area contributed by atoms with E-state index < -0.39 is 0 Å². The maximum Gasteiger partial charge on any atom is 0.144 e. The normalized spacial score (nSPS) is 12.8. The first kappa shape index (κ1) is 12.9. The van der Waals surface area contributed by atoms with Gasteiger partial charge in [0.1, 0.15) is 5.82 Å². The van der Waals surface area contributed by atoms with Crippen LogP contribution >= 0.6 is 0 Å². The lowest BCUT2D eigenvalue weighted by atomic mass is 10.2. The van der Waals surface area contributed by atoms with Crippen LogP contribution in [0.3, 0.4) is 0 Å². The maximum atomic E-state index is 4.37. The standard InChI is InChI=1S/C12H22N4/c1-5-6-10(2)16(4)9-11-7-15-12(13-3)8-14-11/h7-8,10H,5-6,9H2,1-4H3,(H,13,15). The van der Waals surface area contributed by atoms with Gasteiger partial charge in [-0.3, -0.25) is 9.88 Å². The molecule has 0 aromatic carbocycles. The summed E-state index contributed by atoms with van der Waals surface area (Å²) in [6.07, 6.45) is 6.04. The van der Waals surface area contributed by atoms with E-state index in [2.05, 4.69) is 41.1 Å². The van der Waals surface area contributed by atoms with Crippen molar-refractivity contribution < 1.29 is 0 Å². The van der Waals surface area contributed by atoms with E-state index in [0.29, 0.717) is 6.04 Å². The van der Waals surface area contributed by atoms with Crippen molar-refractivity contribution in [3.05, 3.63) is 18.1 Å². The minimum absolute atomic E-state index is 0.593. The zero-order valence-corrected chi connectivity index (χ0v) is 10.7. The Kier molecular flexibility index (Phi) is 5.19. The van der Waals surface area contributed by atoms with Crippen LogP contribution in [0.25, 0.3) is 0 Å². The molecule has 1 rings (SSSR count). The van der Waals surface area contributed by atoms with Gasteiger partial charge in [-0.05, 0) is 20.4 Å². The van der Waals surface area contributed by atoms with Gasteiger partial charge in [0.2, 0.25) is 0 Å². The third-order valence-electron chi connectivity index (χ3n) is 2.83. The molecular formula is C12H22N4. The number of anilines is 1. The lowest BCUT2D eigenvalue weighted by Crippen LogP contribution is -2.28. The highest BCUT2D eigenvalue weighted by Crippen LogP contribution is 2.08. The summed E-state index contributed by atoms with van der Waals surface area (Å²) in [5, 5.41) is 2.96. The molecule has 0 spiro atoms. The number of rotatable bonds is 6. The van der Waals surface area contributed by atoms with E-state index in [1.54, 1.807) is 6.20 Å². The van der Waals surface area contributed by atoms with E-state index in [1.807, 2.05) is 13.2 Å². The van der Waals surface area contributed by atoms with Crippen LogP contribution in [0.4, 0.5) is 5.82 Å². The molecule has 1 aromatic rings. The van der Waals surface area contributed by atoms with Crippen molar-refractivity contribution in [2.75, 3.05) is 19.4 Å². The molecule has 4 heteroatoms. The molecule has 0 fully saturated rings. The first-order chi connectivity index (χ1) is 7.67. The Balaban J connectivity index is 2.52. The summed E-state index contributed by atoms with van der Waals surface area (Å²) in [7, 11) is 3.98. The molecule has 0 aliphatic carbocycles. The summed E-state index contributed by atoms with van der Waals surface area (Å²) in [5.74, 6) is 0.813. The average Bonchev–Trinajstić information content (AvgIpc) is 2.30. The molecule has 0 bridgehead atoms. The van der Waals surface area contributed by atoms with Gasteiger partial charge in [-0.2, -0.15) is 0 Å². The van der Waals surface area contributed by atoms with Gasteiger partial charge >= 0.3 is 0 Å². The molecule has 1 atom stereocenters. The number of hydrogen-bond donors (Lipinski definition) is 1. The van der Waals surface area contributed by atoms with E-state index in [-0.39, 0.29) is 0 Å². The molecule has 1 unspecified atom stereocenters. The maximum absolute atomic E-state index is 4.37. The van der Waals surface area contributed by atoms with Crippen LogP contribution in [0, 0.1) is 0 Å². The summed E-state index contributed by atoms with van der Waals surface area (Å²) in [6, 6.07) is 0.593. The molecule has 0 aliphatic heterocycles. The van der Waals surface area contributed by atoms with Gasteiger partial charge in [0.05, 0.1) is 18.1 Å². The van der Waals surface area contributed by atoms with E-state index >= 15 is 0 Å². The quantitative estimate of drug-likeness (QED) is 0.800. The van der Waals surface area contributed by atoms with Crippen LogP contribution in [0.1, 0.15) is 32.4 Å². The lowest BCUT2D eigenvalue weighted by Gasteiger charge is -2.23. The van der Waals surface area contributed by atoms with Gasteiger partial charge in [0.25, 0.3) is 0 Å².